The standard InChI is InChI=1S/C37H36N5O4S/c43-37(46-25-28-11-5-2-6-12-28)41-19-17-40(18-20-41)36-32-15-16-42(23-33(32)38-35(39-36)26-47-44)34-22-30(21-29-13-7-8-14-31(29)34)45-24-27-9-3-1-4-10-27/h1-14,21-22H,15-20,23-26H2/q+1. The van der Waals surface area contributed by atoms with Crippen LogP contribution in [0.5, 0.6) is 5.75 Å². The molecule has 0 radical (unpaired) electrons. The first-order chi connectivity index (χ1) is 23.1. The number of carbonyl (C=O) groups excluding carboxylic acids is 1. The number of fused-ring (bicyclic) bond motifs is 2. The number of piperazine rings is 1. The molecule has 0 bridgehead atoms. The fourth-order valence-corrected chi connectivity index (χ4v) is 6.54. The molecule has 0 saturated carbocycles. The monoisotopic (exact) mass is 646 g/mol. The zero-order valence-electron chi connectivity index (χ0n) is 26.1. The van der Waals surface area contributed by atoms with Gasteiger partial charge in [0.1, 0.15) is 24.8 Å². The van der Waals surface area contributed by atoms with Gasteiger partial charge in [-0.15, -0.1) is 0 Å². The predicted molar refractivity (Wildman–Crippen MR) is 184 cm³/mol. The summed E-state index contributed by atoms with van der Waals surface area (Å²) in [6.45, 7) is 4.45. The molecular weight excluding hydrogens is 611 g/mol. The predicted octanol–water partition coefficient (Wildman–Crippen LogP) is 6.16. The molecule has 0 unspecified atom stereocenters. The molecule has 0 aliphatic carbocycles. The van der Waals surface area contributed by atoms with Crippen LogP contribution in [0.4, 0.5) is 16.3 Å². The van der Waals surface area contributed by atoms with Gasteiger partial charge in [0.25, 0.3) is 5.75 Å². The topological polar surface area (TPSA) is 88.1 Å². The Kier molecular flexibility index (Phi) is 9.19. The molecule has 1 saturated heterocycles. The SMILES string of the molecule is O=[S+]Cc1nc2c(c(N3CCN(C(=O)OCc4ccccc4)CC3)n1)CCN(c1cc(OCc3ccccc3)cc3ccccc13)C2. The van der Waals surface area contributed by atoms with Crippen LogP contribution in [-0.2, 0) is 52.5 Å². The smallest absolute Gasteiger partial charge is 0.467 e. The van der Waals surface area contributed by atoms with E-state index in [1.165, 1.54) is 0 Å². The van der Waals surface area contributed by atoms with Crippen molar-refractivity contribution in [2.24, 2.45) is 0 Å². The number of hydrogen-bond acceptors (Lipinski definition) is 8. The van der Waals surface area contributed by atoms with Crippen LogP contribution in [0.25, 0.3) is 10.8 Å². The summed E-state index contributed by atoms with van der Waals surface area (Å²) >= 11 is 0.480. The van der Waals surface area contributed by atoms with E-state index in [9.17, 15) is 9.00 Å². The first-order valence-electron chi connectivity index (χ1n) is 15.9. The fourth-order valence-electron chi connectivity index (χ4n) is 6.31. The van der Waals surface area contributed by atoms with E-state index in [1.807, 2.05) is 54.6 Å². The second kappa shape index (κ2) is 14.1. The van der Waals surface area contributed by atoms with Gasteiger partial charge in [0.2, 0.25) is 0 Å². The van der Waals surface area contributed by atoms with Crippen molar-refractivity contribution in [1.29, 1.82) is 0 Å². The molecule has 2 aliphatic rings. The van der Waals surface area contributed by atoms with Gasteiger partial charge in [-0.25, -0.2) is 14.8 Å². The van der Waals surface area contributed by atoms with Crippen molar-refractivity contribution in [3.8, 4) is 5.75 Å². The van der Waals surface area contributed by atoms with E-state index in [0.717, 1.165) is 63.4 Å². The molecule has 0 N–H and O–H groups in total. The Balaban J connectivity index is 1.09. The number of rotatable bonds is 9. The van der Waals surface area contributed by atoms with Crippen molar-refractivity contribution in [3.63, 3.8) is 0 Å². The molecule has 3 heterocycles. The van der Waals surface area contributed by atoms with Crippen LogP contribution in [-0.4, -0.2) is 53.7 Å². The second-order valence-electron chi connectivity index (χ2n) is 11.8. The Hall–Kier alpha value is -5.09. The number of hydrogen-bond donors (Lipinski definition) is 0. The largest absolute Gasteiger partial charge is 0.489 e. The number of ether oxygens (including phenoxy) is 2. The van der Waals surface area contributed by atoms with Crippen molar-refractivity contribution in [1.82, 2.24) is 14.9 Å². The van der Waals surface area contributed by atoms with Gasteiger partial charge in [-0.2, -0.15) is 0 Å². The molecule has 238 valence electrons. The summed E-state index contributed by atoms with van der Waals surface area (Å²) in [4.78, 5) is 28.9. The highest BCUT2D eigenvalue weighted by Crippen LogP contribution is 2.36. The fraction of sp³-hybridized carbons (Fsp3) is 0.270. The summed E-state index contributed by atoms with van der Waals surface area (Å²) in [6, 6.07) is 32.5. The third-order valence-corrected chi connectivity index (χ3v) is 9.10. The van der Waals surface area contributed by atoms with E-state index in [2.05, 4.69) is 52.3 Å². The minimum Gasteiger partial charge on any atom is -0.489 e. The molecule has 0 atom stereocenters. The lowest BCUT2D eigenvalue weighted by Crippen LogP contribution is -2.49. The highest BCUT2D eigenvalue weighted by Gasteiger charge is 2.30. The lowest BCUT2D eigenvalue weighted by atomic mass is 10.0. The zero-order chi connectivity index (χ0) is 32.0. The second-order valence-corrected chi connectivity index (χ2v) is 12.3. The summed E-state index contributed by atoms with van der Waals surface area (Å²) in [5.74, 6) is 2.42. The van der Waals surface area contributed by atoms with Crippen molar-refractivity contribution in [2.75, 3.05) is 42.5 Å². The van der Waals surface area contributed by atoms with Gasteiger partial charge in [0.15, 0.2) is 5.82 Å². The van der Waals surface area contributed by atoms with E-state index in [0.29, 0.717) is 56.8 Å². The van der Waals surface area contributed by atoms with Crippen LogP contribution < -0.4 is 14.5 Å². The molecule has 9 nitrogen and oxygen atoms in total. The number of aromatic nitrogens is 2. The van der Waals surface area contributed by atoms with E-state index in [-0.39, 0.29) is 18.5 Å². The van der Waals surface area contributed by atoms with E-state index in [1.54, 1.807) is 4.90 Å². The van der Waals surface area contributed by atoms with Crippen LogP contribution in [0, 0.1) is 0 Å². The van der Waals surface area contributed by atoms with E-state index >= 15 is 0 Å². The Labute approximate surface area is 278 Å². The summed E-state index contributed by atoms with van der Waals surface area (Å²) in [5, 5.41) is 2.27. The maximum absolute atomic E-state index is 12.8. The Morgan fingerprint density at radius 2 is 1.47 bits per heavy atom. The molecular formula is C37H36N5O4S+. The average Bonchev–Trinajstić information content (AvgIpc) is 3.13. The zero-order valence-corrected chi connectivity index (χ0v) is 26.9. The molecule has 1 fully saturated rings. The summed E-state index contributed by atoms with van der Waals surface area (Å²) in [6.07, 6.45) is 0.456. The summed E-state index contributed by atoms with van der Waals surface area (Å²) in [5.41, 5.74) is 5.23. The number of benzene rings is 4. The van der Waals surface area contributed by atoms with Crippen LogP contribution >= 0.6 is 0 Å². The minimum atomic E-state index is -0.306. The molecule has 1 amide bonds. The third-order valence-electron chi connectivity index (χ3n) is 8.72. The molecule has 7 rings (SSSR count). The van der Waals surface area contributed by atoms with Gasteiger partial charge >= 0.3 is 17.8 Å². The van der Waals surface area contributed by atoms with Gasteiger partial charge in [0.05, 0.1) is 12.2 Å². The van der Waals surface area contributed by atoms with E-state index < -0.39 is 0 Å². The molecule has 0 spiro atoms. The number of anilines is 2. The van der Waals surface area contributed by atoms with Crippen LogP contribution in [0.2, 0.25) is 0 Å². The maximum Gasteiger partial charge on any atom is 0.467 e. The van der Waals surface area contributed by atoms with Crippen molar-refractivity contribution >= 4 is 40.0 Å². The van der Waals surface area contributed by atoms with Gasteiger partial charge in [-0.1, -0.05) is 84.9 Å². The molecule has 1 aromatic heterocycles. The van der Waals surface area contributed by atoms with E-state index in [4.69, 9.17) is 19.4 Å². The molecule has 5 aromatic rings. The van der Waals surface area contributed by atoms with Crippen LogP contribution in [0.3, 0.4) is 0 Å². The van der Waals surface area contributed by atoms with Crippen molar-refractivity contribution in [2.45, 2.75) is 31.9 Å². The van der Waals surface area contributed by atoms with Gasteiger partial charge in [0, 0.05) is 59.6 Å². The van der Waals surface area contributed by atoms with Crippen molar-refractivity contribution in [3.05, 3.63) is 125 Å². The quantitative estimate of drug-likeness (QED) is 0.176. The average molecular weight is 647 g/mol. The number of nitrogens with zero attached hydrogens (tertiary/aromatic N) is 5. The lowest BCUT2D eigenvalue weighted by molar-refractivity contribution is 0.0941. The highest BCUT2D eigenvalue weighted by atomic mass is 32.1. The summed E-state index contributed by atoms with van der Waals surface area (Å²) in [7, 11) is 0. The van der Waals surface area contributed by atoms with Gasteiger partial charge in [-0.3, -0.25) is 0 Å². The van der Waals surface area contributed by atoms with Crippen LogP contribution in [0.1, 0.15) is 28.2 Å². The first-order valence-corrected chi connectivity index (χ1v) is 16.8. The Morgan fingerprint density at radius 1 is 0.766 bits per heavy atom. The highest BCUT2D eigenvalue weighted by molar-refractivity contribution is 7.64. The Morgan fingerprint density at radius 3 is 2.21 bits per heavy atom. The lowest BCUT2D eigenvalue weighted by Gasteiger charge is -2.38. The molecule has 10 heteroatoms. The van der Waals surface area contributed by atoms with Crippen molar-refractivity contribution < 1.29 is 18.5 Å². The van der Waals surface area contributed by atoms with Gasteiger partial charge < -0.3 is 24.2 Å². The number of amides is 1. The molecule has 2 aliphatic heterocycles. The number of carbonyl (C=O) groups is 1. The minimum absolute atomic E-state index is 0.192. The maximum atomic E-state index is 12.8. The molecule has 47 heavy (non-hydrogen) atoms. The first kappa shape index (κ1) is 30.6. The summed E-state index contributed by atoms with van der Waals surface area (Å²) < 4.78 is 23.5. The Bertz CT molecular complexity index is 1870. The molecule has 4 aromatic carbocycles. The van der Waals surface area contributed by atoms with Gasteiger partial charge in [-0.05, 0) is 29.0 Å². The normalized spacial score (nSPS) is 14.5. The van der Waals surface area contributed by atoms with Crippen LogP contribution in [0.15, 0.2) is 97.1 Å². The third kappa shape index (κ3) is 7.02.